The van der Waals surface area contributed by atoms with E-state index < -0.39 is 0 Å². The molecule has 86 valence electrons. The number of aromatic amines is 1. The zero-order valence-electron chi connectivity index (χ0n) is 9.53. The van der Waals surface area contributed by atoms with Crippen LogP contribution in [0.1, 0.15) is 13.8 Å². The number of alkyl halides is 1. The summed E-state index contributed by atoms with van der Waals surface area (Å²) in [6.45, 7) is 4.12. The van der Waals surface area contributed by atoms with E-state index in [0.29, 0.717) is 11.5 Å². The Morgan fingerprint density at radius 2 is 2.12 bits per heavy atom. The molecule has 0 saturated carbocycles. The zero-order valence-corrected chi connectivity index (χ0v) is 10.3. The van der Waals surface area contributed by atoms with Gasteiger partial charge in [0, 0.05) is 18.5 Å². The molecule has 0 aliphatic heterocycles. The molecule has 0 amide bonds. The van der Waals surface area contributed by atoms with Crippen molar-refractivity contribution in [1.29, 1.82) is 0 Å². The molecule has 0 aliphatic carbocycles. The normalized spacial score (nSPS) is 12.0. The highest BCUT2D eigenvalue weighted by Gasteiger charge is 2.25. The van der Waals surface area contributed by atoms with Gasteiger partial charge in [0.05, 0.1) is 6.33 Å². The van der Waals surface area contributed by atoms with Crippen molar-refractivity contribution in [2.45, 2.75) is 19.4 Å². The molecule has 2 aromatic rings. The summed E-state index contributed by atoms with van der Waals surface area (Å²) in [4.78, 5) is 17.5. The summed E-state index contributed by atoms with van der Waals surface area (Å²) in [5.74, 6) is 1.33. The minimum Gasteiger partial charge on any atom is -0.351 e. The Kier molecular flexibility index (Phi) is 2.71. The average Bonchev–Trinajstić information content (AvgIpc) is 2.75. The smallest absolute Gasteiger partial charge is 0.182 e. The van der Waals surface area contributed by atoms with Gasteiger partial charge in [-0.25, -0.2) is 15.0 Å². The highest BCUT2D eigenvalue weighted by Crippen LogP contribution is 2.25. The number of aromatic nitrogens is 4. The van der Waals surface area contributed by atoms with Crippen LogP contribution in [-0.2, 0) is 0 Å². The first-order valence-electron chi connectivity index (χ1n) is 5.00. The third kappa shape index (κ3) is 1.71. The van der Waals surface area contributed by atoms with E-state index in [4.69, 9.17) is 11.6 Å². The second-order valence-electron chi connectivity index (χ2n) is 4.30. The van der Waals surface area contributed by atoms with Crippen LogP contribution in [0.5, 0.6) is 0 Å². The van der Waals surface area contributed by atoms with Crippen molar-refractivity contribution < 1.29 is 0 Å². The molecule has 0 spiro atoms. The first kappa shape index (κ1) is 11.1. The molecule has 16 heavy (non-hydrogen) atoms. The number of rotatable bonds is 3. The number of nitrogens with zero attached hydrogens (tertiary/aromatic N) is 4. The molecule has 1 N–H and O–H groups in total. The third-order valence-corrected chi connectivity index (χ3v) is 3.41. The van der Waals surface area contributed by atoms with Gasteiger partial charge in [-0.05, 0) is 13.8 Å². The molecule has 0 unspecified atom stereocenters. The van der Waals surface area contributed by atoms with Crippen molar-refractivity contribution in [1.82, 2.24) is 19.9 Å². The monoisotopic (exact) mass is 239 g/mol. The molecule has 2 rings (SSSR count). The molecule has 0 aromatic carbocycles. The van der Waals surface area contributed by atoms with Crippen LogP contribution in [0.3, 0.4) is 0 Å². The van der Waals surface area contributed by atoms with Crippen LogP contribution in [-0.4, -0.2) is 38.4 Å². The maximum atomic E-state index is 5.95. The van der Waals surface area contributed by atoms with Crippen molar-refractivity contribution in [3.05, 3.63) is 12.7 Å². The summed E-state index contributed by atoms with van der Waals surface area (Å²) in [6.07, 6.45) is 3.13. The summed E-state index contributed by atoms with van der Waals surface area (Å²) in [5.41, 5.74) is 1.33. The fourth-order valence-electron chi connectivity index (χ4n) is 1.38. The summed E-state index contributed by atoms with van der Waals surface area (Å²) in [6, 6.07) is 0. The number of anilines is 1. The summed E-state index contributed by atoms with van der Waals surface area (Å²) in [5, 5.41) is 0. The quantitative estimate of drug-likeness (QED) is 0.830. The maximum absolute atomic E-state index is 5.95. The van der Waals surface area contributed by atoms with E-state index >= 15 is 0 Å². The zero-order chi connectivity index (χ0) is 11.8. The number of nitrogens with one attached hydrogen (secondary N) is 1. The van der Waals surface area contributed by atoms with E-state index in [1.807, 2.05) is 11.9 Å². The Bertz CT molecular complexity index is 493. The van der Waals surface area contributed by atoms with Gasteiger partial charge in [0.1, 0.15) is 11.8 Å². The molecule has 2 aromatic heterocycles. The van der Waals surface area contributed by atoms with E-state index in [9.17, 15) is 0 Å². The Hall–Kier alpha value is -1.36. The SMILES string of the molecule is CN(c1ncnc2nc[nH]c12)C(C)(C)CCl. The maximum Gasteiger partial charge on any atom is 0.182 e. The van der Waals surface area contributed by atoms with Gasteiger partial charge in [0.25, 0.3) is 0 Å². The Labute approximate surface area is 98.9 Å². The molecule has 0 radical (unpaired) electrons. The number of hydrogen-bond donors (Lipinski definition) is 1. The van der Waals surface area contributed by atoms with Gasteiger partial charge < -0.3 is 9.88 Å². The number of H-pyrrole nitrogens is 1. The lowest BCUT2D eigenvalue weighted by atomic mass is 10.1. The summed E-state index contributed by atoms with van der Waals surface area (Å²) >= 11 is 5.95. The third-order valence-electron chi connectivity index (χ3n) is 2.76. The van der Waals surface area contributed by atoms with E-state index in [1.54, 1.807) is 6.33 Å². The fourth-order valence-corrected chi connectivity index (χ4v) is 1.56. The van der Waals surface area contributed by atoms with Gasteiger partial charge >= 0.3 is 0 Å². The highest BCUT2D eigenvalue weighted by atomic mass is 35.5. The van der Waals surface area contributed by atoms with Crippen LogP contribution >= 0.6 is 11.6 Å². The largest absolute Gasteiger partial charge is 0.351 e. The average molecular weight is 240 g/mol. The van der Waals surface area contributed by atoms with Crippen molar-refractivity contribution in [2.24, 2.45) is 0 Å². The molecule has 2 heterocycles. The van der Waals surface area contributed by atoms with Gasteiger partial charge in [0.15, 0.2) is 11.5 Å². The van der Waals surface area contributed by atoms with Gasteiger partial charge in [-0.1, -0.05) is 0 Å². The van der Waals surface area contributed by atoms with Gasteiger partial charge in [-0.3, -0.25) is 0 Å². The summed E-state index contributed by atoms with van der Waals surface area (Å²) in [7, 11) is 1.96. The lowest BCUT2D eigenvalue weighted by Crippen LogP contribution is -2.43. The van der Waals surface area contributed by atoms with Crippen molar-refractivity contribution in [3.8, 4) is 0 Å². The van der Waals surface area contributed by atoms with Crippen LogP contribution < -0.4 is 4.90 Å². The first-order valence-corrected chi connectivity index (χ1v) is 5.53. The predicted molar refractivity (Wildman–Crippen MR) is 64.9 cm³/mol. The Morgan fingerprint density at radius 3 is 2.81 bits per heavy atom. The van der Waals surface area contributed by atoms with Crippen molar-refractivity contribution in [3.63, 3.8) is 0 Å². The number of imidazole rings is 1. The molecular formula is C10H14ClN5. The van der Waals surface area contributed by atoms with E-state index in [2.05, 4.69) is 33.8 Å². The predicted octanol–water partition coefficient (Wildman–Crippen LogP) is 1.81. The van der Waals surface area contributed by atoms with Crippen molar-refractivity contribution in [2.75, 3.05) is 17.8 Å². The van der Waals surface area contributed by atoms with Crippen LogP contribution in [0.15, 0.2) is 12.7 Å². The number of fused-ring (bicyclic) bond motifs is 1. The first-order chi connectivity index (χ1) is 7.56. The van der Waals surface area contributed by atoms with Crippen molar-refractivity contribution >= 4 is 28.6 Å². The standard InChI is InChI=1S/C10H14ClN5/c1-10(2,4-11)16(3)9-7-8(13-5-12-7)14-6-15-9/h5-6H,4H2,1-3H3,(H,12,13,14,15). The second kappa shape index (κ2) is 3.90. The van der Waals surface area contributed by atoms with Gasteiger partial charge in [0.2, 0.25) is 0 Å². The van der Waals surface area contributed by atoms with Crippen LogP contribution in [0.25, 0.3) is 11.2 Å². The molecule has 0 aliphatic rings. The van der Waals surface area contributed by atoms with Crippen LogP contribution in [0, 0.1) is 0 Å². The van der Waals surface area contributed by atoms with E-state index in [0.717, 1.165) is 11.3 Å². The molecule has 0 bridgehead atoms. The molecule has 6 heteroatoms. The lowest BCUT2D eigenvalue weighted by Gasteiger charge is -2.34. The lowest BCUT2D eigenvalue weighted by molar-refractivity contribution is 0.541. The minimum atomic E-state index is -0.173. The topological polar surface area (TPSA) is 57.7 Å². The minimum absolute atomic E-state index is 0.173. The van der Waals surface area contributed by atoms with E-state index in [1.165, 1.54) is 6.33 Å². The number of halogens is 1. The number of hydrogen-bond acceptors (Lipinski definition) is 4. The fraction of sp³-hybridized carbons (Fsp3) is 0.500. The second-order valence-corrected chi connectivity index (χ2v) is 4.57. The molecule has 0 atom stereocenters. The molecular weight excluding hydrogens is 226 g/mol. The summed E-state index contributed by atoms with van der Waals surface area (Å²) < 4.78 is 0. The molecule has 5 nitrogen and oxygen atoms in total. The molecule has 0 saturated heterocycles. The highest BCUT2D eigenvalue weighted by molar-refractivity contribution is 6.18. The Balaban J connectivity index is 2.51. The van der Waals surface area contributed by atoms with Crippen LogP contribution in [0.4, 0.5) is 5.82 Å². The Morgan fingerprint density at radius 1 is 1.38 bits per heavy atom. The van der Waals surface area contributed by atoms with E-state index in [-0.39, 0.29) is 5.54 Å². The van der Waals surface area contributed by atoms with Gasteiger partial charge in [-0.2, -0.15) is 0 Å². The van der Waals surface area contributed by atoms with Crippen LogP contribution in [0.2, 0.25) is 0 Å². The van der Waals surface area contributed by atoms with Gasteiger partial charge in [-0.15, -0.1) is 11.6 Å². The molecule has 0 fully saturated rings.